The summed E-state index contributed by atoms with van der Waals surface area (Å²) in [7, 11) is 0. The van der Waals surface area contributed by atoms with Gasteiger partial charge >= 0.3 is 5.97 Å². The molecule has 0 radical (unpaired) electrons. The molecular formula is C30H60O2. The van der Waals surface area contributed by atoms with Crippen LogP contribution in [-0.4, -0.2) is 12.6 Å². The highest BCUT2D eigenvalue weighted by Gasteiger charge is 2.16. The van der Waals surface area contributed by atoms with Crippen molar-refractivity contribution in [1.82, 2.24) is 0 Å². The third kappa shape index (κ3) is 21.3. The number of esters is 1. The van der Waals surface area contributed by atoms with Gasteiger partial charge in [-0.15, -0.1) is 0 Å². The van der Waals surface area contributed by atoms with E-state index in [1.54, 1.807) is 0 Å². The predicted octanol–water partition coefficient (Wildman–Crippen LogP) is 10.4. The Morgan fingerprint density at radius 2 is 0.906 bits per heavy atom. The molecule has 2 heteroatoms. The first-order chi connectivity index (χ1) is 15.7. The van der Waals surface area contributed by atoms with Crippen molar-refractivity contribution in [3.63, 3.8) is 0 Å². The summed E-state index contributed by atoms with van der Waals surface area (Å²) in [5.41, 5.74) is 0. The minimum Gasteiger partial charge on any atom is -0.465 e. The van der Waals surface area contributed by atoms with Crippen LogP contribution in [0, 0.1) is 11.8 Å². The maximum atomic E-state index is 12.1. The monoisotopic (exact) mass is 452 g/mol. The first-order valence-electron chi connectivity index (χ1n) is 14.8. The van der Waals surface area contributed by atoms with Crippen molar-refractivity contribution in [2.45, 2.75) is 169 Å². The molecule has 0 fully saturated rings. The molecule has 192 valence electrons. The summed E-state index contributed by atoms with van der Waals surface area (Å²) >= 11 is 0. The van der Waals surface area contributed by atoms with Gasteiger partial charge in [0.25, 0.3) is 0 Å². The van der Waals surface area contributed by atoms with Crippen LogP contribution in [0.2, 0.25) is 0 Å². The number of unbranched alkanes of at least 4 members (excludes halogenated alkanes) is 17. The van der Waals surface area contributed by atoms with Gasteiger partial charge in [-0.05, 0) is 25.2 Å². The molecule has 0 spiro atoms. The van der Waals surface area contributed by atoms with Crippen molar-refractivity contribution >= 4 is 5.97 Å². The molecule has 2 atom stereocenters. The Labute approximate surface area is 203 Å². The average Bonchev–Trinajstić information content (AvgIpc) is 2.81. The van der Waals surface area contributed by atoms with Gasteiger partial charge in [-0.1, -0.05) is 150 Å². The SMILES string of the molecule is CCCCCCCCCCCCC(CCCCCCCCCCC)COC(=O)C(C)CC. The average molecular weight is 453 g/mol. The van der Waals surface area contributed by atoms with Crippen LogP contribution in [0.3, 0.4) is 0 Å². The first kappa shape index (κ1) is 31.5. The molecule has 0 aliphatic carbocycles. The third-order valence-electron chi connectivity index (χ3n) is 7.16. The molecule has 0 aromatic rings. The Balaban J connectivity index is 3.94. The molecular weight excluding hydrogens is 392 g/mol. The molecule has 0 aromatic carbocycles. The van der Waals surface area contributed by atoms with Gasteiger partial charge in [0.1, 0.15) is 0 Å². The quantitative estimate of drug-likeness (QED) is 0.102. The maximum absolute atomic E-state index is 12.1. The van der Waals surface area contributed by atoms with Crippen LogP contribution in [-0.2, 0) is 9.53 Å². The summed E-state index contributed by atoms with van der Waals surface area (Å²) in [4.78, 5) is 12.1. The zero-order chi connectivity index (χ0) is 23.7. The van der Waals surface area contributed by atoms with Crippen molar-refractivity contribution in [2.24, 2.45) is 11.8 Å². The van der Waals surface area contributed by atoms with Crippen LogP contribution < -0.4 is 0 Å². The second-order valence-electron chi connectivity index (χ2n) is 10.4. The van der Waals surface area contributed by atoms with E-state index in [0.717, 1.165) is 6.42 Å². The van der Waals surface area contributed by atoms with Crippen molar-refractivity contribution < 1.29 is 9.53 Å². The topological polar surface area (TPSA) is 26.3 Å². The second-order valence-corrected chi connectivity index (χ2v) is 10.4. The van der Waals surface area contributed by atoms with Gasteiger partial charge in [0.15, 0.2) is 0 Å². The first-order valence-corrected chi connectivity index (χ1v) is 14.8. The number of hydrogen-bond donors (Lipinski definition) is 0. The molecule has 0 aliphatic heterocycles. The van der Waals surface area contributed by atoms with Crippen LogP contribution in [0.4, 0.5) is 0 Å². The van der Waals surface area contributed by atoms with E-state index >= 15 is 0 Å². The smallest absolute Gasteiger partial charge is 0.308 e. The summed E-state index contributed by atoms with van der Waals surface area (Å²) in [5.74, 6) is 0.620. The van der Waals surface area contributed by atoms with Crippen LogP contribution >= 0.6 is 0 Å². The zero-order valence-electron chi connectivity index (χ0n) is 22.7. The van der Waals surface area contributed by atoms with Gasteiger partial charge in [-0.25, -0.2) is 0 Å². The van der Waals surface area contributed by atoms with Gasteiger partial charge in [-0.3, -0.25) is 4.79 Å². The molecule has 2 unspecified atom stereocenters. The van der Waals surface area contributed by atoms with E-state index in [0.29, 0.717) is 12.5 Å². The van der Waals surface area contributed by atoms with Gasteiger partial charge in [0, 0.05) is 0 Å². The zero-order valence-corrected chi connectivity index (χ0v) is 22.7. The summed E-state index contributed by atoms with van der Waals surface area (Å²) in [6.07, 6.45) is 29.6. The Hall–Kier alpha value is -0.530. The van der Waals surface area contributed by atoms with E-state index in [2.05, 4.69) is 20.8 Å². The van der Waals surface area contributed by atoms with E-state index in [9.17, 15) is 4.79 Å². The number of carbonyl (C=O) groups is 1. The molecule has 0 bridgehead atoms. The normalized spacial score (nSPS) is 13.2. The molecule has 0 aromatic heterocycles. The van der Waals surface area contributed by atoms with E-state index in [-0.39, 0.29) is 11.9 Å². The lowest BCUT2D eigenvalue weighted by Gasteiger charge is -2.18. The molecule has 2 nitrogen and oxygen atoms in total. The van der Waals surface area contributed by atoms with Crippen LogP contribution in [0.1, 0.15) is 169 Å². The van der Waals surface area contributed by atoms with Gasteiger partial charge in [-0.2, -0.15) is 0 Å². The standard InChI is InChI=1S/C30H60O2/c1-5-8-10-12-14-16-18-20-22-24-26-29(27-32-30(31)28(4)7-3)25-23-21-19-17-15-13-11-9-6-2/h28-29H,5-27H2,1-4H3. The third-order valence-corrected chi connectivity index (χ3v) is 7.16. The molecule has 0 amide bonds. The Morgan fingerprint density at radius 3 is 1.25 bits per heavy atom. The van der Waals surface area contributed by atoms with Crippen LogP contribution in [0.5, 0.6) is 0 Å². The van der Waals surface area contributed by atoms with E-state index < -0.39 is 0 Å². The minimum absolute atomic E-state index is 0.00709. The molecule has 0 heterocycles. The molecule has 0 saturated carbocycles. The van der Waals surface area contributed by atoms with Gasteiger partial charge in [0.2, 0.25) is 0 Å². The number of hydrogen-bond acceptors (Lipinski definition) is 2. The molecule has 0 saturated heterocycles. The van der Waals surface area contributed by atoms with E-state index in [1.807, 2.05) is 6.92 Å². The Morgan fingerprint density at radius 1 is 0.562 bits per heavy atom. The molecule has 32 heavy (non-hydrogen) atoms. The van der Waals surface area contributed by atoms with Crippen molar-refractivity contribution in [3.05, 3.63) is 0 Å². The Kier molecular flexibility index (Phi) is 24.7. The predicted molar refractivity (Wildman–Crippen MR) is 142 cm³/mol. The summed E-state index contributed by atoms with van der Waals surface area (Å²) in [6.45, 7) is 9.27. The highest BCUT2D eigenvalue weighted by atomic mass is 16.5. The highest BCUT2D eigenvalue weighted by molar-refractivity contribution is 5.71. The summed E-state index contributed by atoms with van der Waals surface area (Å²) in [6, 6.07) is 0. The summed E-state index contributed by atoms with van der Waals surface area (Å²) in [5, 5.41) is 0. The fourth-order valence-electron chi connectivity index (χ4n) is 4.48. The van der Waals surface area contributed by atoms with Gasteiger partial charge < -0.3 is 4.74 Å². The highest BCUT2D eigenvalue weighted by Crippen LogP contribution is 2.21. The van der Waals surface area contributed by atoms with E-state index in [1.165, 1.54) is 135 Å². The largest absolute Gasteiger partial charge is 0.465 e. The van der Waals surface area contributed by atoms with E-state index in [4.69, 9.17) is 4.74 Å². The van der Waals surface area contributed by atoms with Gasteiger partial charge in [0.05, 0.1) is 12.5 Å². The maximum Gasteiger partial charge on any atom is 0.308 e. The minimum atomic E-state index is 0.00709. The summed E-state index contributed by atoms with van der Waals surface area (Å²) < 4.78 is 5.69. The van der Waals surface area contributed by atoms with Crippen LogP contribution in [0.25, 0.3) is 0 Å². The van der Waals surface area contributed by atoms with Crippen LogP contribution in [0.15, 0.2) is 0 Å². The molecule has 0 aliphatic rings. The lowest BCUT2D eigenvalue weighted by atomic mass is 9.94. The number of ether oxygens (including phenoxy) is 1. The van der Waals surface area contributed by atoms with Crippen molar-refractivity contribution in [1.29, 1.82) is 0 Å². The fraction of sp³-hybridized carbons (Fsp3) is 0.967. The van der Waals surface area contributed by atoms with Crippen molar-refractivity contribution in [3.8, 4) is 0 Å². The molecule has 0 rings (SSSR count). The fourth-order valence-corrected chi connectivity index (χ4v) is 4.48. The lowest BCUT2D eigenvalue weighted by Crippen LogP contribution is -2.19. The lowest BCUT2D eigenvalue weighted by molar-refractivity contribution is -0.149. The van der Waals surface area contributed by atoms with Crippen molar-refractivity contribution in [2.75, 3.05) is 6.61 Å². The molecule has 0 N–H and O–H groups in total. The number of rotatable bonds is 25. The number of carbonyl (C=O) groups excluding carboxylic acids is 1. The second kappa shape index (κ2) is 25.1. The Bertz CT molecular complexity index is 379.